The maximum Gasteiger partial charge on any atom is 0.344 e. The van der Waals surface area contributed by atoms with Crippen LogP contribution in [-0.2, 0) is 4.79 Å². The number of para-hydroxylation sites is 1. The van der Waals surface area contributed by atoms with Crippen LogP contribution in [0.25, 0.3) is 11.0 Å². The molecule has 1 aromatic heterocycles. The molecule has 1 heterocycles. The topological polar surface area (TPSA) is 88.9 Å². The van der Waals surface area contributed by atoms with Crippen molar-refractivity contribution in [2.75, 3.05) is 13.1 Å². The summed E-state index contributed by atoms with van der Waals surface area (Å²) in [5, 5.41) is 13.3. The molecular formula is C22H25N5O2. The van der Waals surface area contributed by atoms with Crippen LogP contribution in [0.2, 0.25) is 0 Å². The van der Waals surface area contributed by atoms with E-state index in [-0.39, 0.29) is 12.5 Å². The maximum absolute atomic E-state index is 12.3. The van der Waals surface area contributed by atoms with Gasteiger partial charge in [-0.05, 0) is 55.2 Å². The van der Waals surface area contributed by atoms with Gasteiger partial charge in [0.25, 0.3) is 0 Å². The van der Waals surface area contributed by atoms with Gasteiger partial charge in [0.05, 0.1) is 12.1 Å². The lowest BCUT2D eigenvalue weighted by molar-refractivity contribution is -0.120. The van der Waals surface area contributed by atoms with Gasteiger partial charge < -0.3 is 10.6 Å². The number of amides is 2. The molecule has 0 saturated heterocycles. The molecule has 0 spiro atoms. The normalized spacial score (nSPS) is 19.0. The number of nitrogens with zero attached hydrogens (tertiary/aromatic N) is 3. The second kappa shape index (κ2) is 8.86. The van der Waals surface area contributed by atoms with Crippen LogP contribution in [0, 0.1) is 5.92 Å². The van der Waals surface area contributed by atoms with E-state index in [4.69, 9.17) is 0 Å². The summed E-state index contributed by atoms with van der Waals surface area (Å²) in [7, 11) is 0. The van der Waals surface area contributed by atoms with E-state index in [0.29, 0.717) is 29.4 Å². The van der Waals surface area contributed by atoms with Crippen molar-refractivity contribution in [2.24, 2.45) is 5.92 Å². The molecule has 1 aliphatic carbocycles. The quantitative estimate of drug-likeness (QED) is 0.699. The molecule has 7 nitrogen and oxygen atoms in total. The van der Waals surface area contributed by atoms with Crippen LogP contribution in [0.15, 0.2) is 54.6 Å². The van der Waals surface area contributed by atoms with E-state index >= 15 is 0 Å². The molecule has 3 aromatic rings. The van der Waals surface area contributed by atoms with Gasteiger partial charge in [-0.1, -0.05) is 47.7 Å². The van der Waals surface area contributed by atoms with Gasteiger partial charge >= 0.3 is 6.03 Å². The van der Waals surface area contributed by atoms with E-state index in [2.05, 4.69) is 51.3 Å². The summed E-state index contributed by atoms with van der Waals surface area (Å²) in [5.41, 5.74) is 2.66. The molecule has 7 heteroatoms. The number of fused-ring (bicyclic) bond motifs is 1. The molecule has 0 atom stereocenters. The summed E-state index contributed by atoms with van der Waals surface area (Å²) in [4.78, 5) is 24.4. The van der Waals surface area contributed by atoms with Gasteiger partial charge in [0.2, 0.25) is 5.91 Å². The van der Waals surface area contributed by atoms with Crippen molar-refractivity contribution in [1.82, 2.24) is 25.6 Å². The fourth-order valence-corrected chi connectivity index (χ4v) is 4.00. The van der Waals surface area contributed by atoms with E-state index in [0.717, 1.165) is 25.7 Å². The van der Waals surface area contributed by atoms with Gasteiger partial charge in [0, 0.05) is 6.54 Å². The van der Waals surface area contributed by atoms with Crippen LogP contribution in [0.4, 0.5) is 4.79 Å². The smallest absolute Gasteiger partial charge is 0.344 e. The standard InChI is InChI=1S/C22H25N5O2/c28-21(15-24-22(29)27-20-9-5-4-8-19(20)25-26-27)23-14-16-10-12-18(13-11-16)17-6-2-1-3-7-17/h1-9,16,18H,10-15H2,(H,23,28)(H,24,29). The molecule has 2 N–H and O–H groups in total. The fraction of sp³-hybridized carbons (Fsp3) is 0.364. The molecule has 150 valence electrons. The summed E-state index contributed by atoms with van der Waals surface area (Å²) >= 11 is 0. The van der Waals surface area contributed by atoms with E-state index in [1.54, 1.807) is 12.1 Å². The molecule has 4 rings (SSSR count). The Balaban J connectivity index is 1.19. The lowest BCUT2D eigenvalue weighted by Crippen LogP contribution is -2.41. The molecule has 0 aliphatic heterocycles. The second-order valence-corrected chi connectivity index (χ2v) is 7.58. The average Bonchev–Trinajstić information content (AvgIpc) is 3.21. The molecule has 2 amide bonds. The molecule has 1 fully saturated rings. The average molecular weight is 391 g/mol. The maximum atomic E-state index is 12.3. The van der Waals surface area contributed by atoms with Gasteiger partial charge in [0.15, 0.2) is 0 Å². The van der Waals surface area contributed by atoms with Gasteiger partial charge in [-0.2, -0.15) is 4.68 Å². The SMILES string of the molecule is O=C(CNC(=O)n1nnc2ccccc21)NCC1CCC(c2ccccc2)CC1. The Morgan fingerprint density at radius 3 is 2.45 bits per heavy atom. The summed E-state index contributed by atoms with van der Waals surface area (Å²) in [5.74, 6) is 0.932. The van der Waals surface area contributed by atoms with E-state index in [1.807, 2.05) is 12.1 Å². The number of carbonyl (C=O) groups excluding carboxylic acids is 2. The predicted octanol–water partition coefficient (Wildman–Crippen LogP) is 3.08. The minimum Gasteiger partial charge on any atom is -0.354 e. The highest BCUT2D eigenvalue weighted by Gasteiger charge is 2.22. The Morgan fingerprint density at radius 2 is 1.66 bits per heavy atom. The van der Waals surface area contributed by atoms with Crippen molar-refractivity contribution in [3.8, 4) is 0 Å². The fourth-order valence-electron chi connectivity index (χ4n) is 4.00. The van der Waals surface area contributed by atoms with E-state index < -0.39 is 6.03 Å². The zero-order chi connectivity index (χ0) is 20.1. The monoisotopic (exact) mass is 391 g/mol. The Morgan fingerprint density at radius 1 is 0.931 bits per heavy atom. The molecule has 0 radical (unpaired) electrons. The first-order valence-corrected chi connectivity index (χ1v) is 10.1. The number of benzene rings is 2. The molecule has 0 unspecified atom stereocenters. The lowest BCUT2D eigenvalue weighted by Gasteiger charge is -2.29. The van der Waals surface area contributed by atoms with Gasteiger partial charge in [-0.15, -0.1) is 5.10 Å². The second-order valence-electron chi connectivity index (χ2n) is 7.58. The van der Waals surface area contributed by atoms with Gasteiger partial charge in [-0.25, -0.2) is 4.79 Å². The van der Waals surface area contributed by atoms with Crippen LogP contribution in [-0.4, -0.2) is 40.0 Å². The van der Waals surface area contributed by atoms with Crippen LogP contribution in [0.1, 0.15) is 37.2 Å². The minimum absolute atomic E-state index is 0.0770. The molecule has 2 aromatic carbocycles. The predicted molar refractivity (Wildman–Crippen MR) is 110 cm³/mol. The number of rotatable bonds is 5. The number of hydrogen-bond acceptors (Lipinski definition) is 4. The molecule has 29 heavy (non-hydrogen) atoms. The third-order valence-corrected chi connectivity index (χ3v) is 5.65. The first-order chi connectivity index (χ1) is 14.2. The third-order valence-electron chi connectivity index (χ3n) is 5.65. The molecule has 0 bridgehead atoms. The largest absolute Gasteiger partial charge is 0.354 e. The highest BCUT2D eigenvalue weighted by atomic mass is 16.2. The van der Waals surface area contributed by atoms with Crippen LogP contribution >= 0.6 is 0 Å². The molecule has 1 saturated carbocycles. The van der Waals surface area contributed by atoms with Crippen molar-refractivity contribution in [1.29, 1.82) is 0 Å². The number of carbonyl (C=O) groups is 2. The summed E-state index contributed by atoms with van der Waals surface area (Å²) < 4.78 is 1.17. The lowest BCUT2D eigenvalue weighted by atomic mass is 9.79. The summed E-state index contributed by atoms with van der Waals surface area (Å²) in [6.07, 6.45) is 4.52. The van der Waals surface area contributed by atoms with Crippen LogP contribution in [0.3, 0.4) is 0 Å². The third kappa shape index (κ3) is 4.62. The van der Waals surface area contributed by atoms with E-state index in [9.17, 15) is 9.59 Å². The number of aromatic nitrogens is 3. The Labute approximate surface area is 169 Å². The van der Waals surface area contributed by atoms with Crippen molar-refractivity contribution < 1.29 is 9.59 Å². The number of nitrogens with one attached hydrogen (secondary N) is 2. The first-order valence-electron chi connectivity index (χ1n) is 10.1. The highest BCUT2D eigenvalue weighted by Crippen LogP contribution is 2.35. The Hall–Kier alpha value is -3.22. The van der Waals surface area contributed by atoms with Gasteiger partial charge in [-0.3, -0.25) is 4.79 Å². The molecular weight excluding hydrogens is 366 g/mol. The molecule has 1 aliphatic rings. The first kappa shape index (κ1) is 19.1. The Kier molecular flexibility index (Phi) is 5.84. The van der Waals surface area contributed by atoms with Crippen molar-refractivity contribution in [3.63, 3.8) is 0 Å². The zero-order valence-electron chi connectivity index (χ0n) is 16.3. The highest BCUT2D eigenvalue weighted by molar-refractivity contribution is 5.90. The van der Waals surface area contributed by atoms with Crippen molar-refractivity contribution >= 4 is 23.0 Å². The zero-order valence-corrected chi connectivity index (χ0v) is 16.3. The number of hydrogen-bond donors (Lipinski definition) is 2. The van der Waals surface area contributed by atoms with Gasteiger partial charge in [0.1, 0.15) is 5.52 Å². The summed E-state index contributed by atoms with van der Waals surface area (Å²) in [6, 6.07) is 17.4. The van der Waals surface area contributed by atoms with Crippen LogP contribution in [0.5, 0.6) is 0 Å². The Bertz CT molecular complexity index is 977. The summed E-state index contributed by atoms with van der Waals surface area (Å²) in [6.45, 7) is 0.578. The van der Waals surface area contributed by atoms with Crippen molar-refractivity contribution in [2.45, 2.75) is 31.6 Å². The van der Waals surface area contributed by atoms with E-state index in [1.165, 1.54) is 10.2 Å². The van der Waals surface area contributed by atoms with Crippen LogP contribution < -0.4 is 10.6 Å². The van der Waals surface area contributed by atoms with Crippen molar-refractivity contribution in [3.05, 3.63) is 60.2 Å². The minimum atomic E-state index is -0.461.